The number of halogens is 1. The fraction of sp³-hybridized carbons (Fsp3) is 0.273. The van der Waals surface area contributed by atoms with Gasteiger partial charge in [0.05, 0.1) is 39.6 Å². The lowest BCUT2D eigenvalue weighted by atomic mass is 9.94. The molecule has 9 heteroatoms. The maximum Gasteiger partial charge on any atom is 0.295 e. The largest absolute Gasteiger partial charge is 0.507 e. The van der Waals surface area contributed by atoms with E-state index in [1.165, 1.54) is 26.2 Å². The van der Waals surface area contributed by atoms with Crippen molar-refractivity contribution in [3.63, 3.8) is 0 Å². The van der Waals surface area contributed by atoms with Crippen molar-refractivity contribution in [2.75, 3.05) is 34.5 Å². The van der Waals surface area contributed by atoms with E-state index in [1.807, 2.05) is 0 Å². The monoisotopic (exact) mass is 447 g/mol. The van der Waals surface area contributed by atoms with Crippen LogP contribution >= 0.6 is 11.6 Å². The first-order valence-electron chi connectivity index (χ1n) is 9.33. The number of likely N-dealkylation sites (tertiary alicyclic amines) is 1. The predicted octanol–water partition coefficient (Wildman–Crippen LogP) is 2.78. The number of hydrogen-bond donors (Lipinski definition) is 2. The van der Waals surface area contributed by atoms with E-state index in [0.29, 0.717) is 33.4 Å². The first-order valence-corrected chi connectivity index (χ1v) is 9.70. The quantitative estimate of drug-likeness (QED) is 0.382. The lowest BCUT2D eigenvalue weighted by molar-refractivity contribution is -0.140. The van der Waals surface area contributed by atoms with Gasteiger partial charge in [-0.05, 0) is 42.0 Å². The zero-order valence-corrected chi connectivity index (χ0v) is 18.0. The van der Waals surface area contributed by atoms with E-state index < -0.39 is 17.7 Å². The molecule has 0 spiro atoms. The molecule has 1 aliphatic heterocycles. The molecule has 0 radical (unpaired) electrons. The molecule has 1 amide bonds. The third-order valence-electron chi connectivity index (χ3n) is 5.00. The van der Waals surface area contributed by atoms with Crippen molar-refractivity contribution in [1.82, 2.24) is 4.90 Å². The van der Waals surface area contributed by atoms with Crippen LogP contribution in [0, 0.1) is 0 Å². The molecule has 2 aromatic carbocycles. The highest BCUT2D eigenvalue weighted by Gasteiger charge is 2.46. The number of rotatable bonds is 7. The standard InChI is InChI=1S/C22H22ClNO7/c1-29-15-10-13(11-16(30-2)21(15)31-3)18-17(20(27)22(28)24(18)8-9-25)19(26)12-4-6-14(23)7-5-12/h4-7,10-11,18,25-26H,8-9H2,1-3H3/b19-17+. The van der Waals surface area contributed by atoms with Gasteiger partial charge in [0.15, 0.2) is 11.5 Å². The molecule has 3 rings (SSSR count). The maximum absolute atomic E-state index is 12.9. The smallest absolute Gasteiger partial charge is 0.295 e. The zero-order valence-electron chi connectivity index (χ0n) is 17.2. The van der Waals surface area contributed by atoms with Crippen LogP contribution in [0.25, 0.3) is 5.76 Å². The number of Topliss-reactive ketones (excluding diaryl/α,β-unsaturated/α-hetero) is 1. The summed E-state index contributed by atoms with van der Waals surface area (Å²) >= 11 is 5.92. The van der Waals surface area contributed by atoms with Crippen molar-refractivity contribution in [3.05, 3.63) is 58.1 Å². The van der Waals surface area contributed by atoms with Gasteiger partial charge < -0.3 is 29.3 Å². The van der Waals surface area contributed by atoms with Crippen molar-refractivity contribution in [2.45, 2.75) is 6.04 Å². The predicted molar refractivity (Wildman–Crippen MR) is 114 cm³/mol. The van der Waals surface area contributed by atoms with E-state index in [1.54, 1.807) is 36.4 Å². The number of ketones is 1. The van der Waals surface area contributed by atoms with Gasteiger partial charge >= 0.3 is 0 Å². The third-order valence-corrected chi connectivity index (χ3v) is 5.25. The summed E-state index contributed by atoms with van der Waals surface area (Å²) in [6, 6.07) is 8.43. The average Bonchev–Trinajstić information content (AvgIpc) is 3.03. The molecule has 8 nitrogen and oxygen atoms in total. The molecule has 2 N–H and O–H groups in total. The first-order chi connectivity index (χ1) is 14.9. The van der Waals surface area contributed by atoms with Crippen LogP contribution in [0.4, 0.5) is 0 Å². The van der Waals surface area contributed by atoms with Crippen molar-refractivity contribution in [2.24, 2.45) is 0 Å². The number of ether oxygens (including phenoxy) is 3. The number of aliphatic hydroxyl groups is 2. The molecule has 2 aromatic rings. The summed E-state index contributed by atoms with van der Waals surface area (Å²) in [7, 11) is 4.34. The van der Waals surface area contributed by atoms with Gasteiger partial charge in [-0.25, -0.2) is 0 Å². The Morgan fingerprint density at radius 3 is 2.10 bits per heavy atom. The lowest BCUT2D eigenvalue weighted by Crippen LogP contribution is -2.32. The Morgan fingerprint density at radius 1 is 1.03 bits per heavy atom. The van der Waals surface area contributed by atoms with Gasteiger partial charge in [0.1, 0.15) is 5.76 Å². The van der Waals surface area contributed by atoms with E-state index in [-0.39, 0.29) is 24.5 Å². The number of carbonyl (C=O) groups excluding carboxylic acids is 2. The molecule has 0 aromatic heterocycles. The van der Waals surface area contributed by atoms with Gasteiger partial charge in [-0.1, -0.05) is 11.6 Å². The summed E-state index contributed by atoms with van der Waals surface area (Å²) in [5.41, 5.74) is 0.650. The van der Waals surface area contributed by atoms with Crippen LogP contribution in [0.15, 0.2) is 42.0 Å². The highest BCUT2D eigenvalue weighted by Crippen LogP contribution is 2.45. The molecule has 164 valence electrons. The Morgan fingerprint density at radius 2 is 1.61 bits per heavy atom. The maximum atomic E-state index is 12.9. The lowest BCUT2D eigenvalue weighted by Gasteiger charge is -2.26. The minimum absolute atomic E-state index is 0.108. The van der Waals surface area contributed by atoms with E-state index in [4.69, 9.17) is 25.8 Å². The molecule has 0 aliphatic carbocycles. The number of carbonyl (C=O) groups is 2. The fourth-order valence-corrected chi connectivity index (χ4v) is 3.71. The fourth-order valence-electron chi connectivity index (χ4n) is 3.59. The van der Waals surface area contributed by atoms with E-state index in [0.717, 1.165) is 0 Å². The van der Waals surface area contributed by atoms with Crippen LogP contribution < -0.4 is 14.2 Å². The normalized spacial score (nSPS) is 17.7. The molecule has 1 atom stereocenters. The van der Waals surface area contributed by atoms with Crippen molar-refractivity contribution >= 4 is 29.1 Å². The number of hydrogen-bond acceptors (Lipinski definition) is 7. The topological polar surface area (TPSA) is 106 Å². The van der Waals surface area contributed by atoms with Gasteiger partial charge in [0, 0.05) is 17.1 Å². The molecule has 31 heavy (non-hydrogen) atoms. The Labute approximate surface area is 184 Å². The molecule has 0 bridgehead atoms. The van der Waals surface area contributed by atoms with Gasteiger partial charge in [-0.2, -0.15) is 0 Å². The van der Waals surface area contributed by atoms with Crippen molar-refractivity contribution in [3.8, 4) is 17.2 Å². The van der Waals surface area contributed by atoms with Crippen molar-refractivity contribution < 1.29 is 34.0 Å². The second kappa shape index (κ2) is 9.28. The SMILES string of the molecule is COc1cc(C2/C(=C(\O)c3ccc(Cl)cc3)C(=O)C(=O)N2CCO)cc(OC)c1OC. The summed E-state index contributed by atoms with van der Waals surface area (Å²) in [5.74, 6) is -1.07. The molecule has 1 saturated heterocycles. The van der Waals surface area contributed by atoms with Crippen LogP contribution in [-0.2, 0) is 9.59 Å². The second-order valence-corrected chi connectivity index (χ2v) is 7.12. The van der Waals surface area contributed by atoms with Gasteiger partial charge in [0.25, 0.3) is 11.7 Å². The number of nitrogens with zero attached hydrogens (tertiary/aromatic N) is 1. The molecule has 1 heterocycles. The molecule has 1 aliphatic rings. The summed E-state index contributed by atoms with van der Waals surface area (Å²) in [5, 5.41) is 20.9. The van der Waals surface area contributed by atoms with E-state index >= 15 is 0 Å². The average molecular weight is 448 g/mol. The summed E-state index contributed by atoms with van der Waals surface area (Å²) in [6.45, 7) is -0.474. The molecule has 0 saturated carbocycles. The molecule has 1 fully saturated rings. The molecule has 1 unspecified atom stereocenters. The van der Waals surface area contributed by atoms with Crippen LogP contribution in [0.3, 0.4) is 0 Å². The number of aliphatic hydroxyl groups excluding tert-OH is 2. The summed E-state index contributed by atoms with van der Waals surface area (Å²) in [6.07, 6.45) is 0. The minimum Gasteiger partial charge on any atom is -0.507 e. The summed E-state index contributed by atoms with van der Waals surface area (Å²) in [4.78, 5) is 26.8. The number of methoxy groups -OCH3 is 3. The van der Waals surface area contributed by atoms with E-state index in [9.17, 15) is 19.8 Å². The van der Waals surface area contributed by atoms with Gasteiger partial charge in [-0.3, -0.25) is 9.59 Å². The van der Waals surface area contributed by atoms with Crippen LogP contribution in [0.5, 0.6) is 17.2 Å². The number of β-amino-alcohol motifs (C(OH)–C–C–N with tert-alkyl or cyclic N) is 1. The van der Waals surface area contributed by atoms with Gasteiger partial charge in [-0.15, -0.1) is 0 Å². The Bertz CT molecular complexity index is 1010. The second-order valence-electron chi connectivity index (χ2n) is 6.68. The molecular formula is C22H22ClNO7. The summed E-state index contributed by atoms with van der Waals surface area (Å²) < 4.78 is 16.1. The van der Waals surface area contributed by atoms with Crippen molar-refractivity contribution in [1.29, 1.82) is 0 Å². The third kappa shape index (κ3) is 4.04. The van der Waals surface area contributed by atoms with Gasteiger partial charge in [0.2, 0.25) is 5.75 Å². The molecular weight excluding hydrogens is 426 g/mol. The minimum atomic E-state index is -0.975. The Balaban J connectivity index is 2.26. The van der Waals surface area contributed by atoms with E-state index in [2.05, 4.69) is 0 Å². The number of amides is 1. The Kier molecular flexibility index (Phi) is 6.72. The van der Waals surface area contributed by atoms with Crippen LogP contribution in [-0.4, -0.2) is 61.3 Å². The number of benzene rings is 2. The zero-order chi connectivity index (χ0) is 22.7. The highest BCUT2D eigenvalue weighted by atomic mass is 35.5. The van der Waals surface area contributed by atoms with Crippen LogP contribution in [0.2, 0.25) is 5.02 Å². The first kappa shape index (κ1) is 22.5. The van der Waals surface area contributed by atoms with Crippen LogP contribution in [0.1, 0.15) is 17.2 Å². The highest BCUT2D eigenvalue weighted by molar-refractivity contribution is 6.46. The Hall–Kier alpha value is -3.23.